The van der Waals surface area contributed by atoms with Gasteiger partial charge in [0.05, 0.1) is 31.0 Å². The third-order valence-corrected chi connectivity index (χ3v) is 3.32. The van der Waals surface area contributed by atoms with Gasteiger partial charge in [-0.2, -0.15) is 5.10 Å². The van der Waals surface area contributed by atoms with Crippen molar-refractivity contribution in [2.24, 2.45) is 0 Å². The number of pyridine rings is 1. The Morgan fingerprint density at radius 3 is 3.40 bits per heavy atom. The molecule has 0 aliphatic carbocycles. The first kappa shape index (κ1) is 12.9. The zero-order valence-electron chi connectivity index (χ0n) is 11.2. The molecule has 1 aliphatic rings. The second-order valence-electron chi connectivity index (χ2n) is 4.69. The van der Waals surface area contributed by atoms with Crippen molar-refractivity contribution in [1.82, 2.24) is 15.2 Å². The van der Waals surface area contributed by atoms with Crippen LogP contribution >= 0.6 is 0 Å². The molecule has 0 radical (unpaired) electrons. The van der Waals surface area contributed by atoms with E-state index in [-0.39, 0.29) is 12.0 Å². The molecule has 1 saturated heterocycles. The van der Waals surface area contributed by atoms with Gasteiger partial charge in [-0.3, -0.25) is 14.9 Å². The lowest BCUT2D eigenvalue weighted by molar-refractivity contribution is -0.142. The van der Waals surface area contributed by atoms with Crippen molar-refractivity contribution in [2.75, 3.05) is 31.3 Å². The lowest BCUT2D eigenvalue weighted by Crippen LogP contribution is -2.48. The lowest BCUT2D eigenvalue weighted by atomic mass is 10.2. The van der Waals surface area contributed by atoms with Crippen LogP contribution in [0.2, 0.25) is 0 Å². The molecule has 1 N–H and O–H groups in total. The van der Waals surface area contributed by atoms with Gasteiger partial charge in [0.1, 0.15) is 6.61 Å². The zero-order valence-corrected chi connectivity index (χ0v) is 11.2. The Hall–Kier alpha value is -2.15. The predicted octanol–water partition coefficient (Wildman–Crippen LogP) is 0.726. The molecule has 2 aromatic rings. The van der Waals surface area contributed by atoms with E-state index in [1.54, 1.807) is 12.4 Å². The van der Waals surface area contributed by atoms with Crippen LogP contribution in [0.3, 0.4) is 0 Å². The van der Waals surface area contributed by atoms with E-state index in [1.807, 2.05) is 6.07 Å². The van der Waals surface area contributed by atoms with Gasteiger partial charge in [0.25, 0.3) is 0 Å². The van der Waals surface area contributed by atoms with E-state index < -0.39 is 0 Å². The van der Waals surface area contributed by atoms with Gasteiger partial charge in [-0.25, -0.2) is 0 Å². The normalized spacial score (nSPS) is 19.2. The number of esters is 1. The molecule has 1 aliphatic heterocycles. The first-order valence-electron chi connectivity index (χ1n) is 6.51. The number of hydrogen-bond acceptors (Lipinski definition) is 6. The third-order valence-electron chi connectivity index (χ3n) is 3.32. The first-order chi connectivity index (χ1) is 9.75. The van der Waals surface area contributed by atoms with E-state index in [2.05, 4.69) is 20.1 Å². The summed E-state index contributed by atoms with van der Waals surface area (Å²) in [6.07, 6.45) is 3.48. The molecule has 2 aromatic heterocycles. The average Bonchev–Trinajstić information content (AvgIpc) is 2.89. The highest BCUT2D eigenvalue weighted by Gasteiger charge is 2.27. The van der Waals surface area contributed by atoms with Crippen molar-refractivity contribution in [3.63, 3.8) is 0 Å². The van der Waals surface area contributed by atoms with Gasteiger partial charge in [0.2, 0.25) is 0 Å². The molecular weight excluding hydrogens is 260 g/mol. The monoisotopic (exact) mass is 276 g/mol. The number of hydrogen-bond donors (Lipinski definition) is 1. The highest BCUT2D eigenvalue weighted by Crippen LogP contribution is 2.26. The maximum atomic E-state index is 11.0. The number of fused-ring (bicyclic) bond motifs is 1. The van der Waals surface area contributed by atoms with E-state index >= 15 is 0 Å². The van der Waals surface area contributed by atoms with Gasteiger partial charge in [0.15, 0.2) is 5.82 Å². The minimum Gasteiger partial charge on any atom is -0.464 e. The number of aromatic nitrogens is 3. The summed E-state index contributed by atoms with van der Waals surface area (Å²) in [7, 11) is 0. The Kier molecular flexibility index (Phi) is 3.51. The van der Waals surface area contributed by atoms with Gasteiger partial charge in [-0.1, -0.05) is 0 Å². The third kappa shape index (κ3) is 2.44. The number of ether oxygens (including phenoxy) is 2. The number of rotatable bonds is 3. The molecule has 7 heteroatoms. The van der Waals surface area contributed by atoms with E-state index in [0.29, 0.717) is 26.4 Å². The zero-order chi connectivity index (χ0) is 13.9. The molecule has 0 bridgehead atoms. The number of aromatic amines is 1. The number of nitrogens with one attached hydrogen (secondary N) is 1. The number of morpholine rings is 1. The number of carbonyl (C=O) groups is 1. The van der Waals surface area contributed by atoms with Crippen LogP contribution in [-0.2, 0) is 14.3 Å². The topological polar surface area (TPSA) is 80.3 Å². The van der Waals surface area contributed by atoms with E-state index in [4.69, 9.17) is 9.47 Å². The maximum Gasteiger partial charge on any atom is 0.302 e. The number of nitrogens with zero attached hydrogens (tertiary/aromatic N) is 3. The molecule has 7 nitrogen and oxygen atoms in total. The van der Waals surface area contributed by atoms with Crippen LogP contribution in [0.25, 0.3) is 10.9 Å². The minimum atomic E-state index is -0.286. The fraction of sp³-hybridized carbons (Fsp3) is 0.462. The summed E-state index contributed by atoms with van der Waals surface area (Å²) in [5, 5.41) is 8.34. The van der Waals surface area contributed by atoms with Crippen molar-refractivity contribution in [3.8, 4) is 0 Å². The van der Waals surface area contributed by atoms with Crippen molar-refractivity contribution < 1.29 is 14.3 Å². The highest BCUT2D eigenvalue weighted by atomic mass is 16.5. The maximum absolute atomic E-state index is 11.0. The molecule has 1 atom stereocenters. The molecular formula is C13H16N4O3. The highest BCUT2D eigenvalue weighted by molar-refractivity contribution is 5.89. The summed E-state index contributed by atoms with van der Waals surface area (Å²) in [5.41, 5.74) is 0.889. The molecule has 3 heterocycles. The molecule has 1 unspecified atom stereocenters. The summed E-state index contributed by atoms with van der Waals surface area (Å²) in [4.78, 5) is 17.2. The van der Waals surface area contributed by atoms with Gasteiger partial charge < -0.3 is 14.4 Å². The van der Waals surface area contributed by atoms with Gasteiger partial charge in [-0.05, 0) is 6.07 Å². The second kappa shape index (κ2) is 5.46. The molecule has 0 spiro atoms. The minimum absolute atomic E-state index is 0.0210. The van der Waals surface area contributed by atoms with Crippen molar-refractivity contribution in [3.05, 3.63) is 18.5 Å². The predicted molar refractivity (Wildman–Crippen MR) is 72.5 cm³/mol. The number of carbonyl (C=O) groups excluding carboxylic acids is 1. The van der Waals surface area contributed by atoms with E-state index in [9.17, 15) is 4.79 Å². The summed E-state index contributed by atoms with van der Waals surface area (Å²) in [6, 6.07) is 1.90. The molecule has 0 amide bonds. The Bertz CT molecular complexity index is 612. The van der Waals surface area contributed by atoms with Gasteiger partial charge in [0, 0.05) is 25.1 Å². The van der Waals surface area contributed by atoms with Crippen LogP contribution in [0, 0.1) is 0 Å². The standard InChI is InChI=1S/C13H16N4O3/c1-9(18)20-8-10-7-19-5-4-17(10)13-11-2-3-14-6-12(11)15-16-13/h2-3,6,10H,4-5,7-8H2,1H3,(H,15,16). The SMILES string of the molecule is CC(=O)OCC1COCCN1c1n[nH]c2cnccc12. The Morgan fingerprint density at radius 1 is 1.65 bits per heavy atom. The number of H-pyrrole nitrogens is 1. The second-order valence-corrected chi connectivity index (χ2v) is 4.69. The van der Waals surface area contributed by atoms with Crippen LogP contribution < -0.4 is 4.90 Å². The Labute approximate surface area is 115 Å². The van der Waals surface area contributed by atoms with Gasteiger partial charge in [-0.15, -0.1) is 0 Å². The number of anilines is 1. The van der Waals surface area contributed by atoms with Crippen LogP contribution in [0.1, 0.15) is 6.92 Å². The largest absolute Gasteiger partial charge is 0.464 e. The van der Waals surface area contributed by atoms with Crippen LogP contribution in [-0.4, -0.2) is 53.6 Å². The fourth-order valence-electron chi connectivity index (χ4n) is 2.36. The molecule has 20 heavy (non-hydrogen) atoms. The lowest BCUT2D eigenvalue weighted by Gasteiger charge is -2.35. The van der Waals surface area contributed by atoms with Crippen molar-refractivity contribution in [2.45, 2.75) is 13.0 Å². The average molecular weight is 276 g/mol. The smallest absolute Gasteiger partial charge is 0.302 e. The molecule has 0 saturated carbocycles. The van der Waals surface area contributed by atoms with Crippen LogP contribution in [0.4, 0.5) is 5.82 Å². The van der Waals surface area contributed by atoms with Crippen molar-refractivity contribution >= 4 is 22.7 Å². The van der Waals surface area contributed by atoms with E-state index in [1.165, 1.54) is 6.92 Å². The summed E-state index contributed by atoms with van der Waals surface area (Å²) >= 11 is 0. The summed E-state index contributed by atoms with van der Waals surface area (Å²) < 4.78 is 10.6. The molecule has 0 aromatic carbocycles. The van der Waals surface area contributed by atoms with Gasteiger partial charge >= 0.3 is 5.97 Å². The van der Waals surface area contributed by atoms with Crippen LogP contribution in [0.5, 0.6) is 0 Å². The Morgan fingerprint density at radius 2 is 2.55 bits per heavy atom. The summed E-state index contributed by atoms with van der Waals surface area (Å²) in [5.74, 6) is 0.564. The quantitative estimate of drug-likeness (QED) is 0.832. The molecule has 3 rings (SSSR count). The van der Waals surface area contributed by atoms with E-state index in [0.717, 1.165) is 16.7 Å². The Balaban J connectivity index is 1.87. The molecule has 1 fully saturated rings. The van der Waals surface area contributed by atoms with Crippen LogP contribution in [0.15, 0.2) is 18.5 Å². The van der Waals surface area contributed by atoms with Crippen molar-refractivity contribution in [1.29, 1.82) is 0 Å². The first-order valence-corrected chi connectivity index (χ1v) is 6.51. The fourth-order valence-corrected chi connectivity index (χ4v) is 2.36. The summed E-state index contributed by atoms with van der Waals surface area (Å²) in [6.45, 7) is 3.58. The molecule has 106 valence electrons.